The third kappa shape index (κ3) is 18.4. The summed E-state index contributed by atoms with van der Waals surface area (Å²) >= 11 is 0. The Morgan fingerprint density at radius 3 is 1.70 bits per heavy atom. The number of rotatable bonds is 19. The van der Waals surface area contributed by atoms with Gasteiger partial charge < -0.3 is 10.1 Å². The first-order chi connectivity index (χ1) is 16.0. The van der Waals surface area contributed by atoms with Gasteiger partial charge in [-0.05, 0) is 30.9 Å². The third-order valence-corrected chi connectivity index (χ3v) is 5.71. The predicted molar refractivity (Wildman–Crippen MR) is 140 cm³/mol. The largest absolute Gasteiger partial charge is 0.377 e. The number of Topliss-reactive ketones (excluding diaryl/α,β-unsaturated/α-hetero) is 1. The van der Waals surface area contributed by atoms with Crippen molar-refractivity contribution in [3.05, 3.63) is 35.4 Å². The van der Waals surface area contributed by atoms with Crippen LogP contribution in [-0.2, 0) is 27.5 Å². The van der Waals surface area contributed by atoms with E-state index in [1.807, 2.05) is 34.6 Å². The van der Waals surface area contributed by atoms with Crippen LogP contribution in [0, 0.1) is 5.92 Å². The summed E-state index contributed by atoms with van der Waals surface area (Å²) in [7, 11) is 0. The first-order valence-electron chi connectivity index (χ1n) is 13.5. The molecule has 1 aromatic rings. The molecule has 1 aromatic carbocycles. The van der Waals surface area contributed by atoms with Crippen LogP contribution < -0.4 is 5.32 Å². The van der Waals surface area contributed by atoms with Crippen LogP contribution >= 0.6 is 0 Å². The van der Waals surface area contributed by atoms with Gasteiger partial charge in [0.1, 0.15) is 5.78 Å². The Labute approximate surface area is 204 Å². The highest BCUT2D eigenvalue weighted by molar-refractivity contribution is 5.80. The van der Waals surface area contributed by atoms with E-state index in [1.165, 1.54) is 44.9 Å². The summed E-state index contributed by atoms with van der Waals surface area (Å²) in [5.74, 6) is 0.740. The minimum Gasteiger partial charge on any atom is -0.377 e. The third-order valence-electron chi connectivity index (χ3n) is 5.71. The summed E-state index contributed by atoms with van der Waals surface area (Å²) in [4.78, 5) is 23.6. The number of unbranched alkanes of at least 4 members (excludes halogenated alkanes) is 9. The van der Waals surface area contributed by atoms with Crippen molar-refractivity contribution < 1.29 is 14.3 Å². The molecule has 0 saturated heterocycles. The highest BCUT2D eigenvalue weighted by Crippen LogP contribution is 2.13. The fourth-order valence-electron chi connectivity index (χ4n) is 3.55. The van der Waals surface area contributed by atoms with Gasteiger partial charge in [0.2, 0.25) is 5.91 Å². The van der Waals surface area contributed by atoms with Gasteiger partial charge in [-0.3, -0.25) is 9.59 Å². The van der Waals surface area contributed by atoms with E-state index in [9.17, 15) is 9.59 Å². The molecule has 0 atom stereocenters. The summed E-state index contributed by atoms with van der Waals surface area (Å²) in [5, 5.41) is 3.02. The van der Waals surface area contributed by atoms with Crippen LogP contribution in [0.3, 0.4) is 0 Å². The van der Waals surface area contributed by atoms with Gasteiger partial charge in [-0.2, -0.15) is 0 Å². The predicted octanol–water partition coefficient (Wildman–Crippen LogP) is 7.77. The van der Waals surface area contributed by atoms with Crippen molar-refractivity contribution in [1.29, 1.82) is 0 Å². The zero-order chi connectivity index (χ0) is 24.7. The van der Waals surface area contributed by atoms with E-state index in [0.717, 1.165) is 43.4 Å². The van der Waals surface area contributed by atoms with Crippen molar-refractivity contribution in [2.24, 2.45) is 5.92 Å². The van der Waals surface area contributed by atoms with Crippen molar-refractivity contribution in [1.82, 2.24) is 5.32 Å². The standard InChI is InChI=1S/C27H45NO3.C2H6/c1-4-31-22-25-19-17-24(18-20-25)21-28-27(30)16-14-12-10-8-6-5-7-9-11-13-15-26(29)23(2)3;1-2/h17-20,23H,4-16,21-22H2,1-3H3,(H,28,30);1-2H3. The van der Waals surface area contributed by atoms with Crippen LogP contribution in [0.2, 0.25) is 0 Å². The maximum absolute atomic E-state index is 12.0. The molecule has 4 nitrogen and oxygen atoms in total. The van der Waals surface area contributed by atoms with Crippen LogP contribution in [-0.4, -0.2) is 18.3 Å². The van der Waals surface area contributed by atoms with Crippen LogP contribution in [0.5, 0.6) is 0 Å². The fourth-order valence-corrected chi connectivity index (χ4v) is 3.55. The van der Waals surface area contributed by atoms with E-state index in [4.69, 9.17) is 4.74 Å². The molecule has 0 spiro atoms. The van der Waals surface area contributed by atoms with Crippen LogP contribution in [0.25, 0.3) is 0 Å². The van der Waals surface area contributed by atoms with Crippen molar-refractivity contribution >= 4 is 11.7 Å². The second kappa shape index (κ2) is 22.1. The molecule has 0 aliphatic carbocycles. The van der Waals surface area contributed by atoms with Crippen LogP contribution in [0.1, 0.15) is 123 Å². The van der Waals surface area contributed by atoms with Crippen molar-refractivity contribution in [3.63, 3.8) is 0 Å². The van der Waals surface area contributed by atoms with Crippen molar-refractivity contribution in [2.75, 3.05) is 6.61 Å². The molecule has 190 valence electrons. The lowest BCUT2D eigenvalue weighted by atomic mass is 10.0. The van der Waals surface area contributed by atoms with E-state index in [0.29, 0.717) is 25.4 Å². The van der Waals surface area contributed by atoms with Gasteiger partial charge in [-0.1, -0.05) is 103 Å². The molecule has 0 fully saturated rings. The zero-order valence-electron chi connectivity index (χ0n) is 22.2. The molecule has 4 heteroatoms. The van der Waals surface area contributed by atoms with Gasteiger partial charge in [-0.15, -0.1) is 0 Å². The smallest absolute Gasteiger partial charge is 0.220 e. The van der Waals surface area contributed by atoms with Crippen molar-refractivity contribution in [2.45, 2.75) is 125 Å². The SMILES string of the molecule is CC.CCOCc1ccc(CNC(=O)CCCCCCCCCCCCC(=O)C(C)C)cc1. The average molecular weight is 462 g/mol. The maximum Gasteiger partial charge on any atom is 0.220 e. The molecular formula is C29H51NO3. The molecule has 0 bridgehead atoms. The van der Waals surface area contributed by atoms with Gasteiger partial charge in [0.15, 0.2) is 0 Å². The Bertz CT molecular complexity index is 595. The Kier molecular flexibility index (Phi) is 21.0. The molecule has 0 aromatic heterocycles. The zero-order valence-corrected chi connectivity index (χ0v) is 22.2. The van der Waals surface area contributed by atoms with E-state index in [1.54, 1.807) is 0 Å². The maximum atomic E-state index is 12.0. The Morgan fingerprint density at radius 2 is 1.21 bits per heavy atom. The lowest BCUT2D eigenvalue weighted by molar-refractivity contribution is -0.122. The summed E-state index contributed by atoms with van der Waals surface area (Å²) in [5.41, 5.74) is 2.29. The Morgan fingerprint density at radius 1 is 0.758 bits per heavy atom. The van der Waals surface area contributed by atoms with Gasteiger partial charge in [-0.25, -0.2) is 0 Å². The highest BCUT2D eigenvalue weighted by Gasteiger charge is 2.06. The summed E-state index contributed by atoms with van der Waals surface area (Å²) in [6.45, 7) is 11.9. The minimum absolute atomic E-state index is 0.148. The van der Waals surface area contributed by atoms with Gasteiger partial charge >= 0.3 is 0 Å². The topological polar surface area (TPSA) is 55.4 Å². The number of ketones is 1. The first-order valence-corrected chi connectivity index (χ1v) is 13.5. The van der Waals surface area contributed by atoms with E-state index < -0.39 is 0 Å². The quantitative estimate of drug-likeness (QED) is 0.214. The number of hydrogen-bond donors (Lipinski definition) is 1. The number of carbonyl (C=O) groups excluding carboxylic acids is 2. The van der Waals surface area contributed by atoms with E-state index >= 15 is 0 Å². The molecule has 0 aliphatic heterocycles. The Balaban J connectivity index is 0.00000497. The van der Waals surface area contributed by atoms with Crippen LogP contribution in [0.4, 0.5) is 0 Å². The molecule has 0 aliphatic rings. The monoisotopic (exact) mass is 461 g/mol. The number of ether oxygens (including phenoxy) is 1. The molecule has 1 N–H and O–H groups in total. The molecule has 0 saturated carbocycles. The van der Waals surface area contributed by atoms with Gasteiger partial charge in [0, 0.05) is 31.9 Å². The number of hydrogen-bond acceptors (Lipinski definition) is 3. The molecule has 0 heterocycles. The minimum atomic E-state index is 0.148. The second-order valence-corrected chi connectivity index (χ2v) is 8.89. The number of nitrogens with one attached hydrogen (secondary N) is 1. The fraction of sp³-hybridized carbons (Fsp3) is 0.724. The van der Waals surface area contributed by atoms with Gasteiger partial charge in [0.05, 0.1) is 6.61 Å². The average Bonchev–Trinajstić information content (AvgIpc) is 2.83. The highest BCUT2D eigenvalue weighted by atomic mass is 16.5. The molecule has 1 amide bonds. The Hall–Kier alpha value is -1.68. The lowest BCUT2D eigenvalue weighted by Gasteiger charge is -2.07. The normalized spacial score (nSPS) is 10.6. The number of carbonyl (C=O) groups is 2. The molecular weight excluding hydrogens is 410 g/mol. The molecule has 33 heavy (non-hydrogen) atoms. The lowest BCUT2D eigenvalue weighted by Crippen LogP contribution is -2.22. The second-order valence-electron chi connectivity index (χ2n) is 8.89. The summed E-state index contributed by atoms with van der Waals surface area (Å²) < 4.78 is 5.40. The molecule has 1 rings (SSSR count). The summed E-state index contributed by atoms with van der Waals surface area (Å²) in [6, 6.07) is 8.23. The first kappa shape index (κ1) is 31.3. The van der Waals surface area contributed by atoms with E-state index in [2.05, 4.69) is 29.6 Å². The number of amides is 1. The van der Waals surface area contributed by atoms with Gasteiger partial charge in [0.25, 0.3) is 0 Å². The van der Waals surface area contributed by atoms with Crippen molar-refractivity contribution in [3.8, 4) is 0 Å². The number of benzene rings is 1. The molecule has 0 radical (unpaired) electrons. The molecule has 0 unspecified atom stereocenters. The summed E-state index contributed by atoms with van der Waals surface area (Å²) in [6.07, 6.45) is 13.3. The van der Waals surface area contributed by atoms with E-state index in [-0.39, 0.29) is 11.8 Å². The van der Waals surface area contributed by atoms with Crippen LogP contribution in [0.15, 0.2) is 24.3 Å².